The highest BCUT2D eigenvalue weighted by Crippen LogP contribution is 2.28. The van der Waals surface area contributed by atoms with E-state index in [4.69, 9.17) is 14.7 Å². The van der Waals surface area contributed by atoms with E-state index in [0.717, 1.165) is 37.7 Å². The van der Waals surface area contributed by atoms with Gasteiger partial charge in [-0.15, -0.1) is 0 Å². The van der Waals surface area contributed by atoms with Crippen molar-refractivity contribution >= 4 is 5.91 Å². The molecule has 0 bridgehead atoms. The van der Waals surface area contributed by atoms with E-state index in [0.29, 0.717) is 18.1 Å². The lowest BCUT2D eigenvalue weighted by molar-refractivity contribution is -0.135. The van der Waals surface area contributed by atoms with Gasteiger partial charge in [-0.05, 0) is 49.3 Å². The zero-order chi connectivity index (χ0) is 19.3. The third kappa shape index (κ3) is 4.15. The molecule has 1 aromatic carbocycles. The van der Waals surface area contributed by atoms with Crippen molar-refractivity contribution in [2.45, 2.75) is 50.4 Å². The molecule has 144 valence electrons. The summed E-state index contributed by atoms with van der Waals surface area (Å²) < 4.78 is 11.7. The lowest BCUT2D eigenvalue weighted by Crippen LogP contribution is -2.43. The largest absolute Gasteiger partial charge is 0.474 e. The molecule has 2 heterocycles. The number of rotatable bonds is 4. The van der Waals surface area contributed by atoms with Crippen molar-refractivity contribution in [3.63, 3.8) is 0 Å². The number of hydrogen-bond acceptors (Lipinski definition) is 5. The Morgan fingerprint density at radius 2 is 2.00 bits per heavy atom. The molecule has 1 aliphatic heterocycles. The first-order chi connectivity index (χ1) is 13.7. The highest BCUT2D eigenvalue weighted by molar-refractivity contribution is 5.83. The van der Waals surface area contributed by atoms with E-state index in [1.807, 2.05) is 24.3 Å². The Morgan fingerprint density at radius 1 is 1.18 bits per heavy atom. The van der Waals surface area contributed by atoms with Crippen LogP contribution < -0.4 is 10.1 Å². The molecule has 1 fully saturated rings. The molecule has 1 unspecified atom stereocenters. The van der Waals surface area contributed by atoms with Gasteiger partial charge < -0.3 is 14.8 Å². The second-order valence-corrected chi connectivity index (χ2v) is 7.30. The summed E-state index contributed by atoms with van der Waals surface area (Å²) in [6.07, 6.45) is 5.38. The minimum Gasteiger partial charge on any atom is -0.474 e. The van der Waals surface area contributed by atoms with Crippen LogP contribution >= 0.6 is 0 Å². The van der Waals surface area contributed by atoms with Crippen LogP contribution in [0.25, 0.3) is 0 Å². The first kappa shape index (κ1) is 18.5. The van der Waals surface area contributed by atoms with E-state index in [1.165, 1.54) is 11.8 Å². The molecule has 2 aromatic rings. The lowest BCUT2D eigenvalue weighted by Gasteiger charge is -2.31. The Balaban J connectivity index is 1.29. The summed E-state index contributed by atoms with van der Waals surface area (Å²) in [5.41, 5.74) is 2.70. The second-order valence-electron chi connectivity index (χ2n) is 7.30. The number of pyridine rings is 1. The molecule has 1 amide bonds. The van der Waals surface area contributed by atoms with Crippen molar-refractivity contribution in [1.29, 1.82) is 5.26 Å². The molecule has 6 nitrogen and oxygen atoms in total. The highest BCUT2D eigenvalue weighted by atomic mass is 16.5. The van der Waals surface area contributed by atoms with Crippen LogP contribution in [0.15, 0.2) is 42.6 Å². The minimum absolute atomic E-state index is 0.0507. The van der Waals surface area contributed by atoms with E-state index >= 15 is 0 Å². The summed E-state index contributed by atoms with van der Waals surface area (Å²) in [4.78, 5) is 16.9. The molecule has 2 aliphatic rings. The maximum Gasteiger partial charge on any atom is 0.253 e. The van der Waals surface area contributed by atoms with Crippen LogP contribution in [0.1, 0.15) is 48.5 Å². The maximum absolute atomic E-state index is 12.8. The number of nitriles is 1. The van der Waals surface area contributed by atoms with Crippen LogP contribution in [0.5, 0.6) is 5.88 Å². The fourth-order valence-corrected chi connectivity index (χ4v) is 3.90. The SMILES string of the molecule is N#Cc1ccc(OC2CCC(NC(=O)C3OCCc4ccccc43)CC2)nc1. The molecular weight excluding hydrogens is 354 g/mol. The number of nitrogens with zero attached hydrogens (tertiary/aromatic N) is 2. The molecule has 1 aromatic heterocycles. The van der Waals surface area contributed by atoms with Gasteiger partial charge >= 0.3 is 0 Å². The van der Waals surface area contributed by atoms with E-state index in [-0.39, 0.29) is 18.1 Å². The van der Waals surface area contributed by atoms with Crippen LogP contribution in [0.3, 0.4) is 0 Å². The highest BCUT2D eigenvalue weighted by Gasteiger charge is 2.30. The third-order valence-electron chi connectivity index (χ3n) is 5.41. The van der Waals surface area contributed by atoms with E-state index in [1.54, 1.807) is 12.1 Å². The molecule has 1 atom stereocenters. The number of hydrogen-bond donors (Lipinski definition) is 1. The predicted octanol–water partition coefficient (Wildman–Crippen LogP) is 3.07. The van der Waals surface area contributed by atoms with E-state index < -0.39 is 6.10 Å². The first-order valence-corrected chi connectivity index (χ1v) is 9.75. The molecule has 1 aliphatic carbocycles. The summed E-state index contributed by atoms with van der Waals surface area (Å²) in [6, 6.07) is 13.6. The Morgan fingerprint density at radius 3 is 2.75 bits per heavy atom. The second kappa shape index (κ2) is 8.41. The molecule has 6 heteroatoms. The van der Waals surface area contributed by atoms with Crippen molar-refractivity contribution in [3.05, 3.63) is 59.3 Å². The van der Waals surface area contributed by atoms with Crippen LogP contribution in [0, 0.1) is 11.3 Å². The Kier molecular flexibility index (Phi) is 5.54. The summed E-state index contributed by atoms with van der Waals surface area (Å²) in [5, 5.41) is 12.0. The number of amides is 1. The summed E-state index contributed by atoms with van der Waals surface area (Å²) in [6.45, 7) is 0.577. The number of carbonyl (C=O) groups is 1. The van der Waals surface area contributed by atoms with Crippen LogP contribution in [-0.2, 0) is 16.0 Å². The minimum atomic E-state index is -0.512. The molecule has 28 heavy (non-hydrogen) atoms. The smallest absolute Gasteiger partial charge is 0.253 e. The van der Waals surface area contributed by atoms with Gasteiger partial charge in [0.1, 0.15) is 12.2 Å². The molecule has 1 N–H and O–H groups in total. The zero-order valence-electron chi connectivity index (χ0n) is 15.6. The number of aromatic nitrogens is 1. The fourth-order valence-electron chi connectivity index (χ4n) is 3.90. The summed E-state index contributed by atoms with van der Waals surface area (Å²) in [5.74, 6) is 0.490. The monoisotopic (exact) mass is 377 g/mol. The molecule has 4 rings (SSSR count). The van der Waals surface area contributed by atoms with Crippen LogP contribution in [-0.4, -0.2) is 29.6 Å². The van der Waals surface area contributed by atoms with Crippen molar-refractivity contribution in [2.75, 3.05) is 6.61 Å². The average Bonchev–Trinajstić information content (AvgIpc) is 2.75. The standard InChI is InChI=1S/C22H23N3O3/c23-13-15-5-10-20(24-14-15)28-18-8-6-17(7-9-18)25-22(26)21-19-4-2-1-3-16(19)11-12-27-21/h1-5,10,14,17-18,21H,6-9,11-12H2,(H,25,26). The molecular formula is C22H23N3O3. The van der Waals surface area contributed by atoms with Gasteiger partial charge in [-0.1, -0.05) is 24.3 Å². The van der Waals surface area contributed by atoms with Crippen molar-refractivity contribution in [3.8, 4) is 11.9 Å². The van der Waals surface area contributed by atoms with Gasteiger partial charge in [-0.3, -0.25) is 4.79 Å². The summed E-state index contributed by atoms with van der Waals surface area (Å²) >= 11 is 0. The van der Waals surface area contributed by atoms with Crippen LogP contribution in [0.4, 0.5) is 0 Å². The Labute approximate surface area is 164 Å². The van der Waals surface area contributed by atoms with Gasteiger partial charge in [0, 0.05) is 18.3 Å². The van der Waals surface area contributed by atoms with Crippen molar-refractivity contribution < 1.29 is 14.3 Å². The third-order valence-corrected chi connectivity index (χ3v) is 5.41. The molecule has 1 saturated carbocycles. The Bertz CT molecular complexity index is 867. The number of carbonyl (C=O) groups excluding carboxylic acids is 1. The van der Waals surface area contributed by atoms with Gasteiger partial charge in [0.2, 0.25) is 5.88 Å². The topological polar surface area (TPSA) is 84.2 Å². The van der Waals surface area contributed by atoms with Gasteiger partial charge in [0.15, 0.2) is 6.10 Å². The van der Waals surface area contributed by atoms with E-state index in [2.05, 4.69) is 16.4 Å². The molecule has 0 spiro atoms. The quantitative estimate of drug-likeness (QED) is 0.885. The first-order valence-electron chi connectivity index (χ1n) is 9.75. The predicted molar refractivity (Wildman–Crippen MR) is 103 cm³/mol. The van der Waals surface area contributed by atoms with E-state index in [9.17, 15) is 4.79 Å². The average molecular weight is 377 g/mol. The number of fused-ring (bicyclic) bond motifs is 1. The van der Waals surface area contributed by atoms with Crippen molar-refractivity contribution in [1.82, 2.24) is 10.3 Å². The normalized spacial score (nSPS) is 23.9. The lowest BCUT2D eigenvalue weighted by atomic mass is 9.92. The number of benzene rings is 1. The van der Waals surface area contributed by atoms with Gasteiger partial charge in [-0.2, -0.15) is 5.26 Å². The van der Waals surface area contributed by atoms with Crippen LogP contribution in [0.2, 0.25) is 0 Å². The number of ether oxygens (including phenoxy) is 2. The van der Waals surface area contributed by atoms with Gasteiger partial charge in [0.25, 0.3) is 5.91 Å². The molecule has 0 saturated heterocycles. The molecule has 0 radical (unpaired) electrons. The number of nitrogens with one attached hydrogen (secondary N) is 1. The summed E-state index contributed by atoms with van der Waals surface area (Å²) in [7, 11) is 0. The Hall–Kier alpha value is -2.91. The maximum atomic E-state index is 12.8. The van der Waals surface area contributed by atoms with Gasteiger partial charge in [0.05, 0.1) is 12.2 Å². The van der Waals surface area contributed by atoms with Crippen molar-refractivity contribution in [2.24, 2.45) is 0 Å². The fraction of sp³-hybridized carbons (Fsp3) is 0.409. The van der Waals surface area contributed by atoms with Gasteiger partial charge in [-0.25, -0.2) is 4.98 Å². The zero-order valence-corrected chi connectivity index (χ0v) is 15.6.